The van der Waals surface area contributed by atoms with E-state index >= 15 is 0 Å². The van der Waals surface area contributed by atoms with E-state index in [4.69, 9.17) is 9.47 Å². The van der Waals surface area contributed by atoms with Crippen molar-refractivity contribution in [1.82, 2.24) is 14.9 Å². The van der Waals surface area contributed by atoms with Gasteiger partial charge in [-0.1, -0.05) is 0 Å². The maximum atomic E-state index is 12.6. The van der Waals surface area contributed by atoms with E-state index in [-0.39, 0.29) is 5.91 Å². The predicted molar refractivity (Wildman–Crippen MR) is 101 cm³/mol. The molecule has 1 aromatic heterocycles. The summed E-state index contributed by atoms with van der Waals surface area (Å²) < 4.78 is 10.8. The average molecular weight is 368 g/mol. The molecule has 2 aromatic rings. The molecule has 4 rings (SSSR count). The van der Waals surface area contributed by atoms with Crippen molar-refractivity contribution in [1.29, 1.82) is 0 Å². The second-order valence-electron chi connectivity index (χ2n) is 6.89. The number of aromatic nitrogens is 2. The molecule has 142 valence electrons. The van der Waals surface area contributed by atoms with Gasteiger partial charge < -0.3 is 19.3 Å². The van der Waals surface area contributed by atoms with E-state index in [9.17, 15) is 4.79 Å². The van der Waals surface area contributed by atoms with Crippen LogP contribution >= 0.6 is 0 Å². The first-order chi connectivity index (χ1) is 13.2. The predicted octanol–water partition coefficient (Wildman–Crippen LogP) is 2.29. The number of rotatable bonds is 4. The number of ether oxygens (including phenoxy) is 2. The molecule has 0 radical (unpaired) electrons. The van der Waals surface area contributed by atoms with E-state index in [0.717, 1.165) is 50.4 Å². The van der Waals surface area contributed by atoms with Crippen molar-refractivity contribution in [3.05, 3.63) is 41.2 Å². The number of benzene rings is 1. The summed E-state index contributed by atoms with van der Waals surface area (Å²) in [5.41, 5.74) is 2.88. The first-order valence-electron chi connectivity index (χ1n) is 9.30. The van der Waals surface area contributed by atoms with Crippen molar-refractivity contribution in [2.75, 3.05) is 38.8 Å². The highest BCUT2D eigenvalue weighted by atomic mass is 16.5. The molecule has 27 heavy (non-hydrogen) atoms. The molecular formula is C20H24N4O3. The molecule has 2 aliphatic rings. The molecule has 0 unspecified atom stereocenters. The summed E-state index contributed by atoms with van der Waals surface area (Å²) in [4.78, 5) is 25.6. The lowest BCUT2D eigenvalue weighted by atomic mass is 9.99. The summed E-state index contributed by atoms with van der Waals surface area (Å²) >= 11 is 0. The fourth-order valence-electron chi connectivity index (χ4n) is 3.76. The minimum Gasteiger partial charge on any atom is -0.493 e. The Bertz CT molecular complexity index is 849. The topological polar surface area (TPSA) is 67.8 Å². The first kappa shape index (κ1) is 17.6. The SMILES string of the molecule is COc1cc2c(cc1OC)CN(c1nccc(C(=O)N3CCCC3)n1)CC2. The lowest BCUT2D eigenvalue weighted by Gasteiger charge is -2.29. The van der Waals surface area contributed by atoms with Crippen LogP contribution in [0.15, 0.2) is 24.4 Å². The molecule has 3 heterocycles. The molecule has 1 fully saturated rings. The van der Waals surface area contributed by atoms with Crippen molar-refractivity contribution in [3.63, 3.8) is 0 Å². The third-order valence-corrected chi connectivity index (χ3v) is 5.26. The third kappa shape index (κ3) is 3.41. The third-order valence-electron chi connectivity index (χ3n) is 5.26. The molecule has 7 heteroatoms. The minimum atomic E-state index is -0.0000322. The van der Waals surface area contributed by atoms with Gasteiger partial charge in [0.05, 0.1) is 14.2 Å². The number of amides is 1. The fourth-order valence-corrected chi connectivity index (χ4v) is 3.76. The fraction of sp³-hybridized carbons (Fsp3) is 0.450. The molecule has 0 N–H and O–H groups in total. The van der Waals surface area contributed by atoms with Crippen LogP contribution in [0.3, 0.4) is 0 Å². The Morgan fingerprint density at radius 3 is 2.44 bits per heavy atom. The van der Waals surface area contributed by atoms with Gasteiger partial charge in [-0.15, -0.1) is 0 Å². The molecule has 0 saturated carbocycles. The monoisotopic (exact) mass is 368 g/mol. The van der Waals surface area contributed by atoms with Crippen molar-refractivity contribution >= 4 is 11.9 Å². The molecule has 2 aliphatic heterocycles. The summed E-state index contributed by atoms with van der Waals surface area (Å²) in [5, 5.41) is 0. The number of carbonyl (C=O) groups is 1. The Hall–Kier alpha value is -2.83. The summed E-state index contributed by atoms with van der Waals surface area (Å²) in [5.74, 6) is 2.07. The van der Waals surface area contributed by atoms with Gasteiger partial charge in [0.25, 0.3) is 5.91 Å². The number of methoxy groups -OCH3 is 2. The maximum Gasteiger partial charge on any atom is 0.272 e. The van der Waals surface area contributed by atoms with Gasteiger partial charge in [0.15, 0.2) is 11.5 Å². The largest absolute Gasteiger partial charge is 0.493 e. The van der Waals surface area contributed by atoms with E-state index in [1.807, 2.05) is 17.0 Å². The van der Waals surface area contributed by atoms with E-state index in [1.165, 1.54) is 11.1 Å². The lowest BCUT2D eigenvalue weighted by molar-refractivity contribution is 0.0787. The zero-order valence-electron chi connectivity index (χ0n) is 15.8. The van der Waals surface area contributed by atoms with Gasteiger partial charge in [0.2, 0.25) is 5.95 Å². The number of hydrogen-bond donors (Lipinski definition) is 0. The molecule has 1 amide bonds. The van der Waals surface area contributed by atoms with E-state index in [1.54, 1.807) is 26.5 Å². The van der Waals surface area contributed by atoms with Gasteiger partial charge in [0, 0.05) is 32.4 Å². The first-order valence-corrected chi connectivity index (χ1v) is 9.30. The second-order valence-corrected chi connectivity index (χ2v) is 6.89. The number of anilines is 1. The van der Waals surface area contributed by atoms with Crippen LogP contribution in [-0.4, -0.2) is 54.6 Å². The van der Waals surface area contributed by atoms with E-state index < -0.39 is 0 Å². The number of fused-ring (bicyclic) bond motifs is 1. The summed E-state index contributed by atoms with van der Waals surface area (Å²) in [6.07, 6.45) is 4.68. The van der Waals surface area contributed by atoms with Crippen LogP contribution in [0.1, 0.15) is 34.5 Å². The van der Waals surface area contributed by atoms with Gasteiger partial charge in [-0.25, -0.2) is 9.97 Å². The van der Waals surface area contributed by atoms with Crippen LogP contribution < -0.4 is 14.4 Å². The van der Waals surface area contributed by atoms with Crippen LogP contribution in [0.4, 0.5) is 5.95 Å². The van der Waals surface area contributed by atoms with Crippen molar-refractivity contribution in [2.24, 2.45) is 0 Å². The Balaban J connectivity index is 1.57. The van der Waals surface area contributed by atoms with Crippen molar-refractivity contribution < 1.29 is 14.3 Å². The molecule has 0 aliphatic carbocycles. The summed E-state index contributed by atoms with van der Waals surface area (Å²) in [6.45, 7) is 3.11. The molecular weight excluding hydrogens is 344 g/mol. The Labute approximate surface area is 158 Å². The molecule has 0 atom stereocenters. The highest BCUT2D eigenvalue weighted by molar-refractivity contribution is 5.92. The van der Waals surface area contributed by atoms with Crippen LogP contribution in [0.5, 0.6) is 11.5 Å². The van der Waals surface area contributed by atoms with E-state index in [0.29, 0.717) is 18.2 Å². The zero-order chi connectivity index (χ0) is 18.8. The second kappa shape index (κ2) is 7.42. The van der Waals surface area contributed by atoms with Gasteiger partial charge in [-0.05, 0) is 48.6 Å². The van der Waals surface area contributed by atoms with Crippen LogP contribution in [-0.2, 0) is 13.0 Å². The molecule has 0 bridgehead atoms. The molecule has 1 saturated heterocycles. The Kier molecular flexibility index (Phi) is 4.83. The van der Waals surface area contributed by atoms with Gasteiger partial charge in [-0.2, -0.15) is 0 Å². The number of likely N-dealkylation sites (tertiary alicyclic amines) is 1. The van der Waals surface area contributed by atoms with Crippen LogP contribution in [0, 0.1) is 0 Å². The highest BCUT2D eigenvalue weighted by Gasteiger charge is 2.24. The van der Waals surface area contributed by atoms with Crippen LogP contribution in [0.25, 0.3) is 0 Å². The number of hydrogen-bond acceptors (Lipinski definition) is 6. The summed E-state index contributed by atoms with van der Waals surface area (Å²) in [7, 11) is 3.29. The summed E-state index contributed by atoms with van der Waals surface area (Å²) in [6, 6.07) is 5.76. The lowest BCUT2D eigenvalue weighted by Crippen LogP contribution is -2.33. The van der Waals surface area contributed by atoms with Crippen molar-refractivity contribution in [2.45, 2.75) is 25.8 Å². The highest BCUT2D eigenvalue weighted by Crippen LogP contribution is 2.33. The normalized spacial score (nSPS) is 16.2. The standard InChI is InChI=1S/C20H24N4O3/c1-26-17-11-14-6-10-24(13-15(14)12-18(17)27-2)20-21-7-5-16(22-20)19(25)23-8-3-4-9-23/h5,7,11-12H,3-4,6,8-10,13H2,1-2H3. The van der Waals surface area contributed by atoms with E-state index in [2.05, 4.69) is 14.9 Å². The quantitative estimate of drug-likeness (QED) is 0.825. The molecule has 7 nitrogen and oxygen atoms in total. The smallest absolute Gasteiger partial charge is 0.272 e. The Morgan fingerprint density at radius 2 is 1.74 bits per heavy atom. The Morgan fingerprint density at radius 1 is 1.04 bits per heavy atom. The average Bonchev–Trinajstić information content (AvgIpc) is 3.26. The van der Waals surface area contributed by atoms with Gasteiger partial charge >= 0.3 is 0 Å². The number of carbonyl (C=O) groups excluding carboxylic acids is 1. The molecule has 0 spiro atoms. The minimum absolute atomic E-state index is 0.0000322. The maximum absolute atomic E-state index is 12.6. The molecule has 1 aromatic carbocycles. The number of nitrogens with zero attached hydrogens (tertiary/aromatic N) is 4. The van der Waals surface area contributed by atoms with Crippen LogP contribution in [0.2, 0.25) is 0 Å². The zero-order valence-corrected chi connectivity index (χ0v) is 15.8. The van der Waals surface area contributed by atoms with Crippen molar-refractivity contribution in [3.8, 4) is 11.5 Å². The van der Waals surface area contributed by atoms with Gasteiger partial charge in [0.1, 0.15) is 5.69 Å². The van der Waals surface area contributed by atoms with Gasteiger partial charge in [-0.3, -0.25) is 4.79 Å².